The van der Waals surface area contributed by atoms with Crippen molar-refractivity contribution in [2.24, 2.45) is 0 Å². The van der Waals surface area contributed by atoms with E-state index < -0.39 is 0 Å². The molecule has 1 heterocycles. The number of rotatable bonds is 4. The minimum atomic E-state index is 0.236. The van der Waals surface area contributed by atoms with Gasteiger partial charge in [0.25, 0.3) is 0 Å². The van der Waals surface area contributed by atoms with Crippen LogP contribution in [-0.4, -0.2) is 24.4 Å². The van der Waals surface area contributed by atoms with Crippen LogP contribution in [-0.2, 0) is 4.74 Å². The molecule has 1 aromatic rings. The predicted octanol–water partition coefficient (Wildman–Crippen LogP) is 2.33. The molecule has 0 unspecified atom stereocenters. The molecule has 0 bridgehead atoms. The van der Waals surface area contributed by atoms with Crippen molar-refractivity contribution >= 4 is 0 Å². The first-order valence-electron chi connectivity index (χ1n) is 5.69. The second-order valence-corrected chi connectivity index (χ2v) is 4.08. The summed E-state index contributed by atoms with van der Waals surface area (Å²) >= 11 is 0. The Morgan fingerprint density at radius 3 is 2.73 bits per heavy atom. The van der Waals surface area contributed by atoms with E-state index in [1.807, 2.05) is 6.07 Å². The van der Waals surface area contributed by atoms with Gasteiger partial charge in [0.1, 0.15) is 0 Å². The summed E-state index contributed by atoms with van der Waals surface area (Å²) in [5.41, 5.74) is 1.29. The van der Waals surface area contributed by atoms with Crippen LogP contribution >= 0.6 is 0 Å². The average Bonchev–Trinajstić information content (AvgIpc) is 2.80. The van der Waals surface area contributed by atoms with Crippen LogP contribution in [0.2, 0.25) is 0 Å². The molecule has 1 aromatic carbocycles. The monoisotopic (exact) mass is 206 g/mol. The Kier molecular flexibility index (Phi) is 3.75. The minimum absolute atomic E-state index is 0.236. The van der Waals surface area contributed by atoms with E-state index in [0.29, 0.717) is 12.0 Å². The van der Waals surface area contributed by atoms with Gasteiger partial charge in [0.2, 0.25) is 0 Å². The lowest BCUT2D eigenvalue weighted by atomic mass is 9.89. The highest BCUT2D eigenvalue weighted by atomic mass is 16.5. The van der Waals surface area contributed by atoms with Gasteiger partial charge >= 0.3 is 0 Å². The first kappa shape index (κ1) is 10.7. The Hall–Kier alpha value is -0.860. The summed E-state index contributed by atoms with van der Waals surface area (Å²) in [4.78, 5) is 0. The van der Waals surface area contributed by atoms with E-state index >= 15 is 0 Å². The molecule has 1 aliphatic heterocycles. The van der Waals surface area contributed by atoms with Crippen LogP contribution < -0.4 is 0 Å². The SMILES string of the molecule is OCC[C@H](c1ccccc1)[C@@H]1CCCO1. The van der Waals surface area contributed by atoms with Gasteiger partial charge in [-0.3, -0.25) is 0 Å². The fourth-order valence-electron chi connectivity index (χ4n) is 2.33. The molecule has 0 radical (unpaired) electrons. The molecule has 1 aliphatic rings. The van der Waals surface area contributed by atoms with Crippen LogP contribution in [0.4, 0.5) is 0 Å². The van der Waals surface area contributed by atoms with Crippen LogP contribution in [0.25, 0.3) is 0 Å². The van der Waals surface area contributed by atoms with Crippen LogP contribution in [0.5, 0.6) is 0 Å². The van der Waals surface area contributed by atoms with E-state index in [2.05, 4.69) is 24.3 Å². The van der Waals surface area contributed by atoms with Crippen molar-refractivity contribution in [3.8, 4) is 0 Å². The Morgan fingerprint density at radius 2 is 2.13 bits per heavy atom. The molecule has 15 heavy (non-hydrogen) atoms. The van der Waals surface area contributed by atoms with E-state index in [1.54, 1.807) is 0 Å². The minimum Gasteiger partial charge on any atom is -0.396 e. The molecule has 0 saturated carbocycles. The molecule has 2 heteroatoms. The van der Waals surface area contributed by atoms with E-state index in [4.69, 9.17) is 9.84 Å². The molecule has 1 fully saturated rings. The van der Waals surface area contributed by atoms with Crippen molar-refractivity contribution < 1.29 is 9.84 Å². The van der Waals surface area contributed by atoms with Crippen molar-refractivity contribution in [3.63, 3.8) is 0 Å². The number of hydrogen-bond acceptors (Lipinski definition) is 2. The van der Waals surface area contributed by atoms with Crippen molar-refractivity contribution in [1.29, 1.82) is 0 Å². The Bertz CT molecular complexity index is 278. The zero-order valence-corrected chi connectivity index (χ0v) is 8.93. The fourth-order valence-corrected chi connectivity index (χ4v) is 2.33. The Morgan fingerprint density at radius 1 is 1.33 bits per heavy atom. The van der Waals surface area contributed by atoms with Gasteiger partial charge < -0.3 is 9.84 Å². The van der Waals surface area contributed by atoms with E-state index in [1.165, 1.54) is 5.56 Å². The number of hydrogen-bond donors (Lipinski definition) is 1. The van der Waals surface area contributed by atoms with Crippen LogP contribution in [0.1, 0.15) is 30.7 Å². The molecule has 2 rings (SSSR count). The number of aliphatic hydroxyl groups excluding tert-OH is 1. The third-order valence-corrected chi connectivity index (χ3v) is 3.08. The smallest absolute Gasteiger partial charge is 0.0645 e. The molecular weight excluding hydrogens is 188 g/mol. The average molecular weight is 206 g/mol. The molecule has 0 spiro atoms. The van der Waals surface area contributed by atoms with E-state index in [-0.39, 0.29) is 6.61 Å². The summed E-state index contributed by atoms with van der Waals surface area (Å²) in [6.45, 7) is 1.11. The lowest BCUT2D eigenvalue weighted by Crippen LogP contribution is -2.18. The quantitative estimate of drug-likeness (QED) is 0.819. The van der Waals surface area contributed by atoms with Crippen molar-refractivity contribution in [1.82, 2.24) is 0 Å². The first-order chi connectivity index (χ1) is 7.42. The normalized spacial score (nSPS) is 22.9. The zero-order valence-electron chi connectivity index (χ0n) is 8.93. The largest absolute Gasteiger partial charge is 0.396 e. The maximum atomic E-state index is 9.10. The number of benzene rings is 1. The lowest BCUT2D eigenvalue weighted by Gasteiger charge is -2.22. The van der Waals surface area contributed by atoms with Gasteiger partial charge in [-0.2, -0.15) is 0 Å². The van der Waals surface area contributed by atoms with Gasteiger partial charge in [-0.1, -0.05) is 30.3 Å². The van der Waals surface area contributed by atoms with E-state index in [9.17, 15) is 0 Å². The summed E-state index contributed by atoms with van der Waals surface area (Å²) in [6.07, 6.45) is 3.38. The van der Waals surface area contributed by atoms with Gasteiger partial charge in [-0.25, -0.2) is 0 Å². The molecule has 1 N–H and O–H groups in total. The summed E-state index contributed by atoms with van der Waals surface area (Å²) < 4.78 is 5.71. The van der Waals surface area contributed by atoms with Gasteiger partial charge in [0.15, 0.2) is 0 Å². The Labute approximate surface area is 90.9 Å². The lowest BCUT2D eigenvalue weighted by molar-refractivity contribution is 0.0794. The molecule has 0 aromatic heterocycles. The summed E-state index contributed by atoms with van der Waals surface area (Å²) in [5, 5.41) is 9.10. The topological polar surface area (TPSA) is 29.5 Å². The standard InChI is InChI=1S/C13H18O2/c14-9-8-12(13-7-4-10-15-13)11-5-2-1-3-6-11/h1-3,5-6,12-14H,4,7-10H2/t12-,13+/m1/s1. The predicted molar refractivity (Wildman–Crippen MR) is 59.9 cm³/mol. The molecule has 2 atom stereocenters. The number of ether oxygens (including phenoxy) is 1. The second-order valence-electron chi connectivity index (χ2n) is 4.08. The van der Waals surface area contributed by atoms with Gasteiger partial charge in [0.05, 0.1) is 6.10 Å². The van der Waals surface area contributed by atoms with Crippen LogP contribution in [0.15, 0.2) is 30.3 Å². The Balaban J connectivity index is 2.11. The molecule has 0 amide bonds. The highest BCUT2D eigenvalue weighted by Crippen LogP contribution is 2.31. The molecule has 82 valence electrons. The summed E-state index contributed by atoms with van der Waals surface area (Å²) in [6, 6.07) is 10.4. The first-order valence-corrected chi connectivity index (χ1v) is 5.69. The highest BCUT2D eigenvalue weighted by molar-refractivity contribution is 5.21. The van der Waals surface area contributed by atoms with Crippen molar-refractivity contribution in [2.75, 3.05) is 13.2 Å². The summed E-state index contributed by atoms with van der Waals surface area (Å²) in [7, 11) is 0. The van der Waals surface area contributed by atoms with Gasteiger partial charge in [0, 0.05) is 19.1 Å². The molecular formula is C13H18O2. The van der Waals surface area contributed by atoms with Crippen LogP contribution in [0, 0.1) is 0 Å². The summed E-state index contributed by atoms with van der Waals surface area (Å²) in [5.74, 6) is 0.360. The van der Waals surface area contributed by atoms with Crippen molar-refractivity contribution in [2.45, 2.75) is 31.3 Å². The number of aliphatic hydroxyl groups is 1. The second kappa shape index (κ2) is 5.29. The molecule has 0 aliphatic carbocycles. The zero-order chi connectivity index (χ0) is 10.5. The third kappa shape index (κ3) is 2.58. The van der Waals surface area contributed by atoms with Gasteiger partial charge in [-0.05, 0) is 24.8 Å². The highest BCUT2D eigenvalue weighted by Gasteiger charge is 2.26. The molecule has 1 saturated heterocycles. The fraction of sp³-hybridized carbons (Fsp3) is 0.538. The van der Waals surface area contributed by atoms with Gasteiger partial charge in [-0.15, -0.1) is 0 Å². The van der Waals surface area contributed by atoms with E-state index in [0.717, 1.165) is 25.9 Å². The maximum absolute atomic E-state index is 9.10. The molecule has 2 nitrogen and oxygen atoms in total. The third-order valence-electron chi connectivity index (χ3n) is 3.08. The van der Waals surface area contributed by atoms with Crippen molar-refractivity contribution in [3.05, 3.63) is 35.9 Å². The van der Waals surface area contributed by atoms with Crippen LogP contribution in [0.3, 0.4) is 0 Å². The maximum Gasteiger partial charge on any atom is 0.0645 e.